The van der Waals surface area contributed by atoms with Gasteiger partial charge in [-0.05, 0) is 32.0 Å². The van der Waals surface area contributed by atoms with E-state index >= 15 is 0 Å². The molecule has 0 aliphatic carbocycles. The summed E-state index contributed by atoms with van der Waals surface area (Å²) >= 11 is 1.53. The summed E-state index contributed by atoms with van der Waals surface area (Å²) in [6.07, 6.45) is 1.27. The van der Waals surface area contributed by atoms with Crippen LogP contribution in [0.3, 0.4) is 0 Å². The Kier molecular flexibility index (Phi) is 7.62. The smallest absolute Gasteiger partial charge is 0.226 e. The van der Waals surface area contributed by atoms with E-state index < -0.39 is 0 Å². The van der Waals surface area contributed by atoms with Crippen LogP contribution in [0.5, 0.6) is 5.75 Å². The molecule has 27 heavy (non-hydrogen) atoms. The Morgan fingerprint density at radius 2 is 2.07 bits per heavy atom. The minimum absolute atomic E-state index is 0.0216. The number of carbonyl (C=O) groups is 1. The molecule has 7 heteroatoms. The largest absolute Gasteiger partial charge is 0.486 e. The number of aryl methyl sites for hydroxylation is 1. The second kappa shape index (κ2) is 10.4. The topological polar surface area (TPSA) is 63.7 Å². The van der Waals surface area contributed by atoms with Crippen molar-refractivity contribution in [2.24, 2.45) is 0 Å². The molecular formula is C20H27N3O3S. The summed E-state index contributed by atoms with van der Waals surface area (Å²) in [5.41, 5.74) is 2.00. The van der Waals surface area contributed by atoms with Crippen molar-refractivity contribution < 1.29 is 14.3 Å². The van der Waals surface area contributed by atoms with Crippen LogP contribution in [0.4, 0.5) is 0 Å². The maximum atomic E-state index is 12.1. The van der Waals surface area contributed by atoms with E-state index in [2.05, 4.69) is 15.2 Å². The molecule has 0 unspecified atom stereocenters. The number of ether oxygens (including phenoxy) is 2. The highest BCUT2D eigenvalue weighted by atomic mass is 32.1. The van der Waals surface area contributed by atoms with Gasteiger partial charge >= 0.3 is 0 Å². The highest BCUT2D eigenvalue weighted by molar-refractivity contribution is 7.09. The minimum Gasteiger partial charge on any atom is -0.486 e. The molecule has 1 amide bonds. The quantitative estimate of drug-likeness (QED) is 0.668. The van der Waals surface area contributed by atoms with Gasteiger partial charge in [0.2, 0.25) is 5.91 Å². The van der Waals surface area contributed by atoms with Gasteiger partial charge in [0.25, 0.3) is 0 Å². The van der Waals surface area contributed by atoms with Crippen LogP contribution in [0, 0.1) is 6.92 Å². The van der Waals surface area contributed by atoms with Gasteiger partial charge < -0.3 is 14.8 Å². The Labute approximate surface area is 164 Å². The number of carbonyl (C=O) groups excluding carboxylic acids is 1. The first-order valence-corrected chi connectivity index (χ1v) is 10.3. The van der Waals surface area contributed by atoms with Crippen LogP contribution < -0.4 is 10.1 Å². The first-order chi connectivity index (χ1) is 13.2. The van der Waals surface area contributed by atoms with Crippen molar-refractivity contribution in [1.29, 1.82) is 0 Å². The maximum absolute atomic E-state index is 12.1. The molecule has 3 rings (SSSR count). The van der Waals surface area contributed by atoms with E-state index in [1.54, 1.807) is 0 Å². The highest BCUT2D eigenvalue weighted by Gasteiger charge is 2.11. The predicted octanol–water partition coefficient (Wildman–Crippen LogP) is 2.41. The Hall–Kier alpha value is -1.96. The third-order valence-electron chi connectivity index (χ3n) is 4.40. The summed E-state index contributed by atoms with van der Waals surface area (Å²) in [5.74, 6) is 0.851. The number of hydrogen-bond donors (Lipinski definition) is 1. The second-order valence-corrected chi connectivity index (χ2v) is 7.61. The summed E-state index contributed by atoms with van der Waals surface area (Å²) in [4.78, 5) is 18.9. The van der Waals surface area contributed by atoms with Crippen LogP contribution in [0.15, 0.2) is 29.6 Å². The zero-order valence-corrected chi connectivity index (χ0v) is 16.6. The lowest BCUT2D eigenvalue weighted by molar-refractivity contribution is -0.120. The Bertz CT molecular complexity index is 712. The number of aromatic nitrogens is 1. The monoisotopic (exact) mass is 389 g/mol. The van der Waals surface area contributed by atoms with Gasteiger partial charge in [-0.3, -0.25) is 9.69 Å². The van der Waals surface area contributed by atoms with E-state index in [0.717, 1.165) is 55.7 Å². The molecule has 1 aliphatic rings. The average molecular weight is 390 g/mol. The fourth-order valence-corrected chi connectivity index (χ4v) is 3.56. The minimum atomic E-state index is 0.0216. The molecule has 0 spiro atoms. The van der Waals surface area contributed by atoms with Crippen LogP contribution in [0.1, 0.15) is 22.7 Å². The van der Waals surface area contributed by atoms with E-state index in [1.165, 1.54) is 16.9 Å². The summed E-state index contributed by atoms with van der Waals surface area (Å²) in [6, 6.07) is 7.94. The number of benzene rings is 1. The van der Waals surface area contributed by atoms with Gasteiger partial charge in [0.05, 0.1) is 25.3 Å². The van der Waals surface area contributed by atoms with E-state index in [1.807, 2.05) is 36.6 Å². The lowest BCUT2D eigenvalue weighted by Gasteiger charge is -2.26. The zero-order valence-electron chi connectivity index (χ0n) is 15.8. The van der Waals surface area contributed by atoms with Crippen molar-refractivity contribution >= 4 is 17.2 Å². The van der Waals surface area contributed by atoms with Gasteiger partial charge in [-0.2, -0.15) is 0 Å². The number of amides is 1. The van der Waals surface area contributed by atoms with Crippen molar-refractivity contribution in [3.63, 3.8) is 0 Å². The molecule has 1 aliphatic heterocycles. The van der Waals surface area contributed by atoms with Crippen LogP contribution in [0.25, 0.3) is 0 Å². The van der Waals surface area contributed by atoms with Gasteiger partial charge in [-0.1, -0.05) is 17.7 Å². The van der Waals surface area contributed by atoms with Gasteiger partial charge in [0.15, 0.2) is 0 Å². The number of nitrogens with zero attached hydrogens (tertiary/aromatic N) is 2. The third-order valence-corrected chi connectivity index (χ3v) is 5.27. The number of nitrogens with one attached hydrogen (secondary N) is 1. The molecule has 2 heterocycles. The Morgan fingerprint density at radius 1 is 1.30 bits per heavy atom. The standard InChI is InChI=1S/C20H27N3O3S/c1-16-3-5-18(6-4-16)26-14-20-22-17(15-27-20)13-19(24)21-7-2-8-23-9-11-25-12-10-23/h3-6,15H,2,7-14H2,1H3,(H,21,24). The first-order valence-electron chi connectivity index (χ1n) is 9.38. The van der Waals surface area contributed by atoms with Crippen molar-refractivity contribution in [3.05, 3.63) is 45.9 Å². The van der Waals surface area contributed by atoms with Crippen molar-refractivity contribution in [2.45, 2.75) is 26.4 Å². The lowest BCUT2D eigenvalue weighted by Crippen LogP contribution is -2.38. The fraction of sp³-hybridized carbons (Fsp3) is 0.500. The molecule has 0 radical (unpaired) electrons. The molecule has 6 nitrogen and oxygen atoms in total. The summed E-state index contributed by atoms with van der Waals surface area (Å²) in [6.45, 7) is 7.77. The van der Waals surface area contributed by atoms with E-state index in [9.17, 15) is 4.79 Å². The maximum Gasteiger partial charge on any atom is 0.226 e. The summed E-state index contributed by atoms with van der Waals surface area (Å²) in [5, 5.41) is 5.79. The molecule has 0 bridgehead atoms. The first kappa shape index (κ1) is 19.8. The van der Waals surface area contributed by atoms with Crippen molar-refractivity contribution in [2.75, 3.05) is 39.4 Å². The Balaban J connectivity index is 1.33. The van der Waals surface area contributed by atoms with E-state index in [0.29, 0.717) is 19.6 Å². The molecule has 2 aromatic rings. The molecular weight excluding hydrogens is 362 g/mol. The predicted molar refractivity (Wildman–Crippen MR) is 106 cm³/mol. The molecule has 0 saturated carbocycles. The third kappa shape index (κ3) is 6.93. The average Bonchev–Trinajstić information content (AvgIpc) is 3.13. The zero-order chi connectivity index (χ0) is 18.9. The molecule has 1 N–H and O–H groups in total. The number of morpholine rings is 1. The molecule has 1 saturated heterocycles. The summed E-state index contributed by atoms with van der Waals surface area (Å²) < 4.78 is 11.1. The molecule has 1 aromatic heterocycles. The van der Waals surface area contributed by atoms with Crippen LogP contribution >= 0.6 is 11.3 Å². The van der Waals surface area contributed by atoms with Crippen LogP contribution in [0.2, 0.25) is 0 Å². The van der Waals surface area contributed by atoms with Gasteiger partial charge in [-0.25, -0.2) is 4.98 Å². The number of thiazole rings is 1. The lowest BCUT2D eigenvalue weighted by atomic mass is 10.2. The fourth-order valence-electron chi connectivity index (χ4n) is 2.86. The van der Waals surface area contributed by atoms with Gasteiger partial charge in [0.1, 0.15) is 17.4 Å². The Morgan fingerprint density at radius 3 is 2.85 bits per heavy atom. The number of hydrogen-bond acceptors (Lipinski definition) is 6. The number of rotatable bonds is 9. The van der Waals surface area contributed by atoms with Crippen LogP contribution in [-0.4, -0.2) is 55.2 Å². The second-order valence-electron chi connectivity index (χ2n) is 6.67. The van der Waals surface area contributed by atoms with Gasteiger partial charge in [-0.15, -0.1) is 11.3 Å². The molecule has 146 valence electrons. The normalized spacial score (nSPS) is 14.9. The van der Waals surface area contributed by atoms with Crippen LogP contribution in [-0.2, 0) is 22.6 Å². The molecule has 1 fully saturated rings. The molecule has 1 aromatic carbocycles. The van der Waals surface area contributed by atoms with E-state index in [4.69, 9.17) is 9.47 Å². The highest BCUT2D eigenvalue weighted by Crippen LogP contribution is 2.16. The molecule has 0 atom stereocenters. The van der Waals surface area contributed by atoms with Gasteiger partial charge in [0, 0.05) is 25.0 Å². The van der Waals surface area contributed by atoms with Crippen molar-refractivity contribution in [1.82, 2.24) is 15.2 Å². The SMILES string of the molecule is Cc1ccc(OCc2nc(CC(=O)NCCCN3CCOCC3)cs2)cc1. The van der Waals surface area contributed by atoms with E-state index in [-0.39, 0.29) is 5.91 Å². The van der Waals surface area contributed by atoms with Crippen molar-refractivity contribution in [3.8, 4) is 5.75 Å². The summed E-state index contributed by atoms with van der Waals surface area (Å²) in [7, 11) is 0.